The van der Waals surface area contributed by atoms with E-state index in [1.165, 1.54) is 0 Å². The van der Waals surface area contributed by atoms with Crippen LogP contribution in [0.2, 0.25) is 0 Å². The van der Waals surface area contributed by atoms with Crippen molar-refractivity contribution < 1.29 is 9.47 Å². The Morgan fingerprint density at radius 1 is 1.00 bits per heavy atom. The first kappa shape index (κ1) is 13.2. The number of rotatable bonds is 4. The van der Waals surface area contributed by atoms with Gasteiger partial charge in [0.05, 0.1) is 19.9 Å². The van der Waals surface area contributed by atoms with Gasteiger partial charge in [0.1, 0.15) is 11.5 Å². The maximum atomic E-state index is 5.46. The number of pyridine rings is 1. The van der Waals surface area contributed by atoms with Gasteiger partial charge in [-0.25, -0.2) is 0 Å². The number of benzene rings is 1. The van der Waals surface area contributed by atoms with Crippen molar-refractivity contribution in [3.05, 3.63) is 36.5 Å². The van der Waals surface area contributed by atoms with E-state index in [0.717, 1.165) is 28.4 Å². The van der Waals surface area contributed by atoms with Crippen LogP contribution in [-0.2, 0) is 0 Å². The molecule has 0 aliphatic heterocycles. The zero-order valence-corrected chi connectivity index (χ0v) is 11.7. The highest BCUT2D eigenvalue weighted by Gasteiger charge is 2.09. The summed E-state index contributed by atoms with van der Waals surface area (Å²) < 4.78 is 10.7. The maximum Gasteiger partial charge on any atom is 0.130 e. The molecular weight excluding hydrogens is 240 g/mol. The van der Waals surface area contributed by atoms with Gasteiger partial charge in [-0.3, -0.25) is 4.98 Å². The molecule has 0 spiro atoms. The van der Waals surface area contributed by atoms with Gasteiger partial charge in [-0.15, -0.1) is 0 Å². The highest BCUT2D eigenvalue weighted by Crippen LogP contribution is 2.33. The third-order valence-electron chi connectivity index (χ3n) is 2.94. The third kappa shape index (κ3) is 2.78. The number of hydrogen-bond donors (Lipinski definition) is 0. The summed E-state index contributed by atoms with van der Waals surface area (Å²) in [6.45, 7) is 0. The molecule has 4 heteroatoms. The summed E-state index contributed by atoms with van der Waals surface area (Å²) in [7, 11) is 7.31. The van der Waals surface area contributed by atoms with Crippen molar-refractivity contribution in [2.75, 3.05) is 33.2 Å². The molecule has 0 aliphatic carbocycles. The van der Waals surface area contributed by atoms with Crippen molar-refractivity contribution >= 4 is 5.69 Å². The van der Waals surface area contributed by atoms with E-state index < -0.39 is 0 Å². The van der Waals surface area contributed by atoms with Crippen LogP contribution < -0.4 is 14.4 Å². The lowest BCUT2D eigenvalue weighted by Crippen LogP contribution is -2.08. The Morgan fingerprint density at radius 2 is 1.79 bits per heavy atom. The Labute approximate surface area is 113 Å². The van der Waals surface area contributed by atoms with Crippen LogP contribution in [-0.4, -0.2) is 33.3 Å². The van der Waals surface area contributed by atoms with E-state index >= 15 is 0 Å². The summed E-state index contributed by atoms with van der Waals surface area (Å²) in [5, 5.41) is 0. The molecule has 0 bridgehead atoms. The van der Waals surface area contributed by atoms with E-state index in [-0.39, 0.29) is 0 Å². The van der Waals surface area contributed by atoms with E-state index in [1.807, 2.05) is 49.3 Å². The summed E-state index contributed by atoms with van der Waals surface area (Å²) >= 11 is 0. The minimum Gasteiger partial charge on any atom is -0.497 e. The Balaban J connectivity index is 2.49. The summed E-state index contributed by atoms with van der Waals surface area (Å²) in [6, 6.07) is 9.77. The highest BCUT2D eigenvalue weighted by molar-refractivity contribution is 5.71. The van der Waals surface area contributed by atoms with Crippen LogP contribution in [0.1, 0.15) is 0 Å². The lowest BCUT2D eigenvalue weighted by atomic mass is 10.1. The molecule has 2 rings (SSSR count). The zero-order valence-electron chi connectivity index (χ0n) is 11.7. The Hall–Kier alpha value is -2.23. The van der Waals surface area contributed by atoms with Gasteiger partial charge in [-0.1, -0.05) is 0 Å². The predicted molar refractivity (Wildman–Crippen MR) is 77.1 cm³/mol. The van der Waals surface area contributed by atoms with Crippen LogP contribution in [0, 0.1) is 0 Å². The maximum absolute atomic E-state index is 5.46. The van der Waals surface area contributed by atoms with Crippen LogP contribution in [0.15, 0.2) is 36.5 Å². The molecule has 0 fully saturated rings. The van der Waals surface area contributed by atoms with Gasteiger partial charge in [0, 0.05) is 43.7 Å². The van der Waals surface area contributed by atoms with E-state index in [4.69, 9.17) is 9.47 Å². The summed E-state index contributed by atoms with van der Waals surface area (Å²) in [5.74, 6) is 1.58. The standard InChI is InChI=1S/C15H18N2O2/c1-17(2)11-5-6-13(15(9-11)19-4)14-10-12(18-3)7-8-16-14/h5-10H,1-4H3. The molecule has 1 aromatic heterocycles. The van der Waals surface area contributed by atoms with Gasteiger partial charge < -0.3 is 14.4 Å². The van der Waals surface area contributed by atoms with Crippen molar-refractivity contribution in [1.82, 2.24) is 4.98 Å². The van der Waals surface area contributed by atoms with Crippen molar-refractivity contribution in [1.29, 1.82) is 0 Å². The minimum absolute atomic E-state index is 0.781. The van der Waals surface area contributed by atoms with Gasteiger partial charge in [0.25, 0.3) is 0 Å². The van der Waals surface area contributed by atoms with E-state index in [1.54, 1.807) is 20.4 Å². The quantitative estimate of drug-likeness (QED) is 0.844. The molecule has 19 heavy (non-hydrogen) atoms. The van der Waals surface area contributed by atoms with Crippen LogP contribution in [0.5, 0.6) is 11.5 Å². The molecule has 0 saturated carbocycles. The average Bonchev–Trinajstić information content (AvgIpc) is 2.46. The average molecular weight is 258 g/mol. The fourth-order valence-electron chi connectivity index (χ4n) is 1.86. The van der Waals surface area contributed by atoms with E-state index in [0.29, 0.717) is 0 Å². The molecule has 0 aliphatic rings. The van der Waals surface area contributed by atoms with Crippen LogP contribution in [0.25, 0.3) is 11.3 Å². The molecule has 0 amide bonds. The second kappa shape index (κ2) is 5.61. The van der Waals surface area contributed by atoms with Crippen molar-refractivity contribution in [3.63, 3.8) is 0 Å². The normalized spacial score (nSPS) is 10.1. The SMILES string of the molecule is COc1ccnc(-c2ccc(N(C)C)cc2OC)c1. The third-order valence-corrected chi connectivity index (χ3v) is 2.94. The molecule has 0 atom stereocenters. The van der Waals surface area contributed by atoms with E-state index in [9.17, 15) is 0 Å². The number of methoxy groups -OCH3 is 2. The summed E-state index contributed by atoms with van der Waals surface area (Å²) in [5.41, 5.74) is 2.87. The largest absolute Gasteiger partial charge is 0.497 e. The highest BCUT2D eigenvalue weighted by atomic mass is 16.5. The van der Waals surface area contributed by atoms with Gasteiger partial charge in [-0.05, 0) is 18.2 Å². The monoisotopic (exact) mass is 258 g/mol. The number of anilines is 1. The second-order valence-corrected chi connectivity index (χ2v) is 4.36. The zero-order chi connectivity index (χ0) is 13.8. The molecule has 2 aromatic rings. The van der Waals surface area contributed by atoms with Crippen LogP contribution in [0.4, 0.5) is 5.69 Å². The number of hydrogen-bond acceptors (Lipinski definition) is 4. The number of nitrogens with zero attached hydrogens (tertiary/aromatic N) is 2. The predicted octanol–water partition coefficient (Wildman–Crippen LogP) is 2.83. The van der Waals surface area contributed by atoms with Crippen LogP contribution in [0.3, 0.4) is 0 Å². The van der Waals surface area contributed by atoms with Gasteiger partial charge in [0.15, 0.2) is 0 Å². The van der Waals surface area contributed by atoms with Gasteiger partial charge >= 0.3 is 0 Å². The molecule has 4 nitrogen and oxygen atoms in total. The van der Waals surface area contributed by atoms with Gasteiger partial charge in [-0.2, -0.15) is 0 Å². The minimum atomic E-state index is 0.781. The Morgan fingerprint density at radius 3 is 2.42 bits per heavy atom. The van der Waals surface area contributed by atoms with Crippen LogP contribution >= 0.6 is 0 Å². The van der Waals surface area contributed by atoms with Gasteiger partial charge in [0.2, 0.25) is 0 Å². The molecular formula is C15H18N2O2. The van der Waals surface area contributed by atoms with Crippen molar-refractivity contribution in [2.45, 2.75) is 0 Å². The second-order valence-electron chi connectivity index (χ2n) is 4.36. The molecule has 100 valence electrons. The first-order chi connectivity index (χ1) is 9.15. The smallest absolute Gasteiger partial charge is 0.130 e. The number of ether oxygens (including phenoxy) is 2. The Kier molecular flexibility index (Phi) is 3.90. The fraction of sp³-hybridized carbons (Fsp3) is 0.267. The fourth-order valence-corrected chi connectivity index (χ4v) is 1.86. The Bertz CT molecular complexity index is 568. The first-order valence-corrected chi connectivity index (χ1v) is 6.01. The topological polar surface area (TPSA) is 34.6 Å². The first-order valence-electron chi connectivity index (χ1n) is 6.01. The molecule has 0 N–H and O–H groups in total. The molecule has 0 radical (unpaired) electrons. The summed E-state index contributed by atoms with van der Waals surface area (Å²) in [6.07, 6.45) is 1.73. The molecule has 0 saturated heterocycles. The summed E-state index contributed by atoms with van der Waals surface area (Å²) in [4.78, 5) is 6.40. The lowest BCUT2D eigenvalue weighted by Gasteiger charge is -2.16. The lowest BCUT2D eigenvalue weighted by molar-refractivity contribution is 0.413. The molecule has 0 unspecified atom stereocenters. The number of aromatic nitrogens is 1. The molecule has 1 aromatic carbocycles. The molecule has 1 heterocycles. The van der Waals surface area contributed by atoms with Crippen molar-refractivity contribution in [2.24, 2.45) is 0 Å². The van der Waals surface area contributed by atoms with Crippen molar-refractivity contribution in [3.8, 4) is 22.8 Å². The van der Waals surface area contributed by atoms with E-state index in [2.05, 4.69) is 4.98 Å².